The first kappa shape index (κ1) is 17.0. The van der Waals surface area contributed by atoms with Crippen molar-refractivity contribution in [2.75, 3.05) is 13.1 Å². The molecule has 1 saturated heterocycles. The van der Waals surface area contributed by atoms with Gasteiger partial charge in [-0.3, -0.25) is 4.79 Å². The van der Waals surface area contributed by atoms with Crippen LogP contribution in [0.15, 0.2) is 30.3 Å². The monoisotopic (exact) mass is 351 g/mol. The Hall–Kier alpha value is -1.15. The number of ketones is 1. The molecule has 140 valence electrons. The van der Waals surface area contributed by atoms with E-state index in [1.807, 2.05) is 0 Å². The summed E-state index contributed by atoms with van der Waals surface area (Å²) in [6, 6.07) is 11.2. The fourth-order valence-corrected chi connectivity index (χ4v) is 7.91. The Morgan fingerprint density at radius 3 is 2.54 bits per heavy atom. The molecule has 4 atom stereocenters. The molecular weight excluding hydrogens is 318 g/mol. The highest BCUT2D eigenvalue weighted by molar-refractivity contribution is 5.86. The van der Waals surface area contributed by atoms with E-state index in [2.05, 4.69) is 42.6 Å². The van der Waals surface area contributed by atoms with E-state index in [1.54, 1.807) is 0 Å². The van der Waals surface area contributed by atoms with Crippen LogP contribution in [0.4, 0.5) is 0 Å². The van der Waals surface area contributed by atoms with Crippen molar-refractivity contribution in [3.63, 3.8) is 0 Å². The first-order valence-electron chi connectivity index (χ1n) is 10.8. The van der Waals surface area contributed by atoms with Crippen LogP contribution in [0.2, 0.25) is 0 Å². The van der Waals surface area contributed by atoms with E-state index in [1.165, 1.54) is 44.1 Å². The zero-order chi connectivity index (χ0) is 17.8. The first-order chi connectivity index (χ1) is 12.5. The van der Waals surface area contributed by atoms with E-state index >= 15 is 0 Å². The van der Waals surface area contributed by atoms with E-state index in [4.69, 9.17) is 0 Å². The Morgan fingerprint density at radius 1 is 1.04 bits per heavy atom. The lowest BCUT2D eigenvalue weighted by molar-refractivity contribution is -0.159. The van der Waals surface area contributed by atoms with Gasteiger partial charge in [0, 0.05) is 11.8 Å². The zero-order valence-electron chi connectivity index (χ0n) is 16.2. The molecule has 1 heterocycles. The summed E-state index contributed by atoms with van der Waals surface area (Å²) in [5.74, 6) is 2.01. The highest BCUT2D eigenvalue weighted by Gasteiger charge is 2.64. The fourth-order valence-electron chi connectivity index (χ4n) is 7.91. The average Bonchev–Trinajstić information content (AvgIpc) is 2.61. The van der Waals surface area contributed by atoms with Crippen molar-refractivity contribution in [1.29, 1.82) is 0 Å². The molecule has 1 aromatic rings. The minimum absolute atomic E-state index is 0.0190. The zero-order valence-corrected chi connectivity index (χ0v) is 16.2. The lowest BCUT2D eigenvalue weighted by Crippen LogP contribution is -2.60. The number of carbonyl (C=O) groups excluding carboxylic acids is 1. The Bertz CT molecular complexity index is 693. The lowest BCUT2D eigenvalue weighted by atomic mass is 9.38. The molecule has 0 amide bonds. The molecule has 1 aliphatic heterocycles. The third kappa shape index (κ3) is 2.68. The van der Waals surface area contributed by atoms with E-state index in [0.717, 1.165) is 38.3 Å². The number of rotatable bonds is 4. The number of carbonyl (C=O) groups is 1. The summed E-state index contributed by atoms with van der Waals surface area (Å²) in [4.78, 5) is 13.7. The summed E-state index contributed by atoms with van der Waals surface area (Å²) < 4.78 is 0. The molecule has 4 saturated carbocycles. The third-order valence-electron chi connectivity index (χ3n) is 8.26. The summed E-state index contributed by atoms with van der Waals surface area (Å²) in [5, 5.41) is 3.45. The van der Waals surface area contributed by atoms with Crippen molar-refractivity contribution in [2.45, 2.75) is 70.1 Å². The van der Waals surface area contributed by atoms with Gasteiger partial charge in [-0.05, 0) is 92.7 Å². The van der Waals surface area contributed by atoms with Crippen molar-refractivity contribution in [3.8, 4) is 0 Å². The van der Waals surface area contributed by atoms with Crippen LogP contribution in [-0.4, -0.2) is 18.9 Å². The van der Waals surface area contributed by atoms with Gasteiger partial charge >= 0.3 is 0 Å². The Labute approximate surface area is 158 Å². The molecule has 6 rings (SSSR count). The number of piperidine rings is 1. The van der Waals surface area contributed by atoms with Crippen LogP contribution in [0.5, 0.6) is 0 Å². The maximum atomic E-state index is 13.7. The van der Waals surface area contributed by atoms with Gasteiger partial charge in [0.2, 0.25) is 0 Å². The standard InChI is InChI=1S/C24H33NO/c1-22-12-19-13-23(15-22,20-5-3-2-4-6-20)17-24(14-19,16-22)21(26)11-18-7-9-25-10-8-18/h2-6,18-19,25H,7-17H2,1H3/t19?,22-,23?,24?/m1/s1. The van der Waals surface area contributed by atoms with Crippen LogP contribution in [0, 0.1) is 22.7 Å². The van der Waals surface area contributed by atoms with E-state index < -0.39 is 0 Å². The Morgan fingerprint density at radius 2 is 1.81 bits per heavy atom. The maximum Gasteiger partial charge on any atom is 0.139 e. The van der Waals surface area contributed by atoms with Crippen LogP contribution < -0.4 is 5.32 Å². The molecule has 1 N–H and O–H groups in total. The highest BCUT2D eigenvalue weighted by atomic mass is 16.1. The molecule has 4 aliphatic carbocycles. The molecular formula is C24H33NO. The van der Waals surface area contributed by atoms with E-state index in [0.29, 0.717) is 17.1 Å². The van der Waals surface area contributed by atoms with Gasteiger partial charge in [0.25, 0.3) is 0 Å². The predicted octanol–water partition coefficient (Wildman–Crippen LogP) is 4.87. The van der Waals surface area contributed by atoms with Crippen LogP contribution in [-0.2, 0) is 10.2 Å². The predicted molar refractivity (Wildman–Crippen MR) is 105 cm³/mol. The Balaban J connectivity index is 1.46. The highest BCUT2D eigenvalue weighted by Crippen LogP contribution is 2.70. The molecule has 26 heavy (non-hydrogen) atoms. The number of Topliss-reactive ketones (excluding diaryl/α,β-unsaturated/α-hetero) is 1. The minimum Gasteiger partial charge on any atom is -0.317 e. The SMILES string of the molecule is C[C@@]12CC3CC(C(=O)CC4CCNCC4)(CC(c4ccccc4)(C3)C1)C2. The van der Waals surface area contributed by atoms with Gasteiger partial charge in [-0.1, -0.05) is 37.3 Å². The molecule has 2 nitrogen and oxygen atoms in total. The number of benzene rings is 1. The van der Waals surface area contributed by atoms with E-state index in [-0.39, 0.29) is 10.8 Å². The summed E-state index contributed by atoms with van der Waals surface area (Å²) in [5.41, 5.74) is 2.13. The van der Waals surface area contributed by atoms with Gasteiger partial charge in [0.15, 0.2) is 0 Å². The van der Waals surface area contributed by atoms with Gasteiger partial charge in [-0.15, -0.1) is 0 Å². The second kappa shape index (κ2) is 5.92. The molecule has 2 heteroatoms. The molecule has 3 unspecified atom stereocenters. The van der Waals surface area contributed by atoms with Crippen molar-refractivity contribution < 1.29 is 4.79 Å². The van der Waals surface area contributed by atoms with Gasteiger partial charge in [-0.25, -0.2) is 0 Å². The van der Waals surface area contributed by atoms with Gasteiger partial charge in [0.1, 0.15) is 5.78 Å². The van der Waals surface area contributed by atoms with Gasteiger partial charge in [-0.2, -0.15) is 0 Å². The molecule has 0 spiro atoms. The van der Waals surface area contributed by atoms with Crippen LogP contribution >= 0.6 is 0 Å². The minimum atomic E-state index is -0.0190. The van der Waals surface area contributed by atoms with Crippen LogP contribution in [0.1, 0.15) is 70.3 Å². The van der Waals surface area contributed by atoms with Gasteiger partial charge in [0.05, 0.1) is 0 Å². The van der Waals surface area contributed by atoms with Crippen LogP contribution in [0.3, 0.4) is 0 Å². The van der Waals surface area contributed by atoms with E-state index in [9.17, 15) is 4.79 Å². The summed E-state index contributed by atoms with van der Waals surface area (Å²) in [6.07, 6.45) is 10.6. The first-order valence-corrected chi connectivity index (χ1v) is 10.8. The molecule has 5 aliphatic rings. The Kier molecular flexibility index (Phi) is 3.87. The second-order valence-electron chi connectivity index (χ2n) is 10.6. The smallest absolute Gasteiger partial charge is 0.139 e. The molecule has 0 aromatic heterocycles. The van der Waals surface area contributed by atoms with Crippen molar-refractivity contribution in [3.05, 3.63) is 35.9 Å². The summed E-state index contributed by atoms with van der Waals surface area (Å²) in [7, 11) is 0. The van der Waals surface area contributed by atoms with Crippen molar-refractivity contribution >= 4 is 5.78 Å². The summed E-state index contributed by atoms with van der Waals surface area (Å²) in [6.45, 7) is 4.68. The maximum absolute atomic E-state index is 13.7. The normalized spacial score (nSPS) is 42.1. The number of nitrogens with one attached hydrogen (secondary N) is 1. The second-order valence-corrected chi connectivity index (χ2v) is 10.6. The molecule has 5 fully saturated rings. The largest absolute Gasteiger partial charge is 0.317 e. The third-order valence-corrected chi connectivity index (χ3v) is 8.26. The lowest BCUT2D eigenvalue weighted by Gasteiger charge is -2.66. The van der Waals surface area contributed by atoms with Crippen molar-refractivity contribution in [1.82, 2.24) is 5.32 Å². The topological polar surface area (TPSA) is 29.1 Å². The van der Waals surface area contributed by atoms with Crippen LogP contribution in [0.25, 0.3) is 0 Å². The number of hydrogen-bond donors (Lipinski definition) is 1. The summed E-state index contributed by atoms with van der Waals surface area (Å²) >= 11 is 0. The molecule has 1 aromatic carbocycles. The fraction of sp³-hybridized carbons (Fsp3) is 0.708. The average molecular weight is 352 g/mol. The molecule has 0 radical (unpaired) electrons. The number of hydrogen-bond acceptors (Lipinski definition) is 2. The van der Waals surface area contributed by atoms with Crippen molar-refractivity contribution in [2.24, 2.45) is 22.7 Å². The van der Waals surface area contributed by atoms with Gasteiger partial charge < -0.3 is 5.32 Å². The molecule has 4 bridgehead atoms. The quantitative estimate of drug-likeness (QED) is 0.838.